The Kier molecular flexibility index (Phi) is 8.48. The summed E-state index contributed by atoms with van der Waals surface area (Å²) < 4.78 is 1.84. The molecule has 0 aliphatic rings. The Bertz CT molecular complexity index is 789. The lowest BCUT2D eigenvalue weighted by molar-refractivity contribution is -0.131. The van der Waals surface area contributed by atoms with Gasteiger partial charge in [-0.3, -0.25) is 14.0 Å². The number of carbonyl (C=O) groups is 2. The van der Waals surface area contributed by atoms with Crippen LogP contribution in [0.25, 0.3) is 5.65 Å². The summed E-state index contributed by atoms with van der Waals surface area (Å²) in [4.78, 5) is 31.6. The third-order valence-electron chi connectivity index (χ3n) is 5.00. The molecule has 0 aromatic carbocycles. The van der Waals surface area contributed by atoms with E-state index in [0.717, 1.165) is 50.0 Å². The minimum Gasteiger partial charge on any atom is -0.351 e. The van der Waals surface area contributed by atoms with Crippen LogP contribution in [0.4, 0.5) is 0 Å². The van der Waals surface area contributed by atoms with Crippen LogP contribution in [0.1, 0.15) is 74.1 Å². The first-order valence-electron chi connectivity index (χ1n) is 10.5. The Labute approximate surface area is 168 Å². The maximum Gasteiger partial charge on any atom is 0.270 e. The molecular weight excluding hydrogens is 352 g/mol. The minimum atomic E-state index is -0.142. The Morgan fingerprint density at radius 2 is 1.79 bits per heavy atom. The number of rotatable bonds is 11. The molecule has 0 radical (unpaired) electrons. The smallest absolute Gasteiger partial charge is 0.270 e. The molecule has 0 fully saturated rings. The summed E-state index contributed by atoms with van der Waals surface area (Å²) in [5.74, 6) is 0.0506. The number of nitrogens with zero attached hydrogens (tertiary/aromatic N) is 3. The number of carbonyl (C=O) groups excluding carboxylic acids is 2. The lowest BCUT2D eigenvalue weighted by atomic mass is 10.2. The second-order valence-corrected chi connectivity index (χ2v) is 7.38. The second kappa shape index (κ2) is 10.8. The molecule has 0 spiro atoms. The predicted octanol–water partition coefficient (Wildman–Crippen LogP) is 3.89. The van der Waals surface area contributed by atoms with Gasteiger partial charge in [0, 0.05) is 32.3 Å². The standard InChI is InChI=1S/C22H34N4O2/c1-5-7-14-25(15-8-6-2)19(27)12-9-13-23-22(28)20-18(4)24-21-17(3)11-10-16-26(20)21/h10-11,16H,5-9,12-15H2,1-4H3,(H,23,28). The van der Waals surface area contributed by atoms with Gasteiger partial charge in [0.05, 0.1) is 5.69 Å². The average Bonchev–Trinajstić information content (AvgIpc) is 3.02. The molecule has 6 heteroatoms. The van der Waals surface area contributed by atoms with Gasteiger partial charge >= 0.3 is 0 Å². The van der Waals surface area contributed by atoms with Crippen molar-refractivity contribution in [3.63, 3.8) is 0 Å². The lowest BCUT2D eigenvalue weighted by Crippen LogP contribution is -2.34. The molecule has 0 saturated carbocycles. The van der Waals surface area contributed by atoms with E-state index in [2.05, 4.69) is 24.1 Å². The van der Waals surface area contributed by atoms with Gasteiger partial charge < -0.3 is 10.2 Å². The first kappa shape index (κ1) is 21.9. The molecule has 0 bridgehead atoms. The molecule has 1 N–H and O–H groups in total. The zero-order valence-electron chi connectivity index (χ0n) is 17.8. The fourth-order valence-corrected chi connectivity index (χ4v) is 3.33. The molecule has 0 aliphatic heterocycles. The van der Waals surface area contributed by atoms with Gasteiger partial charge in [0.1, 0.15) is 11.3 Å². The van der Waals surface area contributed by atoms with E-state index in [-0.39, 0.29) is 11.8 Å². The molecule has 0 saturated heterocycles. The molecular formula is C22H34N4O2. The number of hydrogen-bond donors (Lipinski definition) is 1. The summed E-state index contributed by atoms with van der Waals surface area (Å²) in [6.07, 6.45) is 7.24. The van der Waals surface area contributed by atoms with Crippen LogP contribution in [0.3, 0.4) is 0 Å². The fraction of sp³-hybridized carbons (Fsp3) is 0.591. The van der Waals surface area contributed by atoms with E-state index in [4.69, 9.17) is 0 Å². The highest BCUT2D eigenvalue weighted by atomic mass is 16.2. The van der Waals surface area contributed by atoms with Crippen LogP contribution >= 0.6 is 0 Å². The lowest BCUT2D eigenvalue weighted by Gasteiger charge is -2.22. The Balaban J connectivity index is 1.87. The number of unbranched alkanes of at least 4 members (excludes halogenated alkanes) is 2. The molecule has 154 valence electrons. The largest absolute Gasteiger partial charge is 0.351 e. The van der Waals surface area contributed by atoms with Crippen molar-refractivity contribution < 1.29 is 9.59 Å². The summed E-state index contributed by atoms with van der Waals surface area (Å²) in [7, 11) is 0. The Morgan fingerprint density at radius 1 is 1.11 bits per heavy atom. The average molecular weight is 387 g/mol. The van der Waals surface area contributed by atoms with Crippen LogP contribution in [-0.2, 0) is 4.79 Å². The van der Waals surface area contributed by atoms with Crippen molar-refractivity contribution in [2.45, 2.75) is 66.2 Å². The van der Waals surface area contributed by atoms with E-state index in [1.54, 1.807) is 0 Å². The molecule has 2 aromatic heterocycles. The number of amides is 2. The van der Waals surface area contributed by atoms with Crippen LogP contribution < -0.4 is 5.32 Å². The monoisotopic (exact) mass is 386 g/mol. The quantitative estimate of drug-likeness (QED) is 0.596. The minimum absolute atomic E-state index is 0.142. The van der Waals surface area contributed by atoms with Crippen LogP contribution in [0.2, 0.25) is 0 Å². The van der Waals surface area contributed by atoms with E-state index in [9.17, 15) is 9.59 Å². The van der Waals surface area contributed by atoms with Gasteiger partial charge in [0.25, 0.3) is 5.91 Å². The van der Waals surface area contributed by atoms with Gasteiger partial charge in [-0.2, -0.15) is 0 Å². The molecule has 2 heterocycles. The summed E-state index contributed by atoms with van der Waals surface area (Å²) in [6, 6.07) is 3.90. The van der Waals surface area contributed by atoms with Gasteiger partial charge in [0.15, 0.2) is 0 Å². The molecule has 2 aromatic rings. The molecule has 0 atom stereocenters. The predicted molar refractivity (Wildman–Crippen MR) is 113 cm³/mol. The normalized spacial score (nSPS) is 11.0. The van der Waals surface area contributed by atoms with Crippen molar-refractivity contribution in [1.82, 2.24) is 19.6 Å². The number of aromatic nitrogens is 2. The maximum atomic E-state index is 12.6. The summed E-state index contributed by atoms with van der Waals surface area (Å²) in [6.45, 7) is 10.3. The van der Waals surface area contributed by atoms with E-state index in [1.807, 2.05) is 41.5 Å². The van der Waals surface area contributed by atoms with Gasteiger partial charge in [-0.1, -0.05) is 32.8 Å². The summed E-state index contributed by atoms with van der Waals surface area (Å²) >= 11 is 0. The van der Waals surface area contributed by atoms with E-state index >= 15 is 0 Å². The van der Waals surface area contributed by atoms with Crippen LogP contribution in [0.5, 0.6) is 0 Å². The topological polar surface area (TPSA) is 66.7 Å². The summed E-state index contributed by atoms with van der Waals surface area (Å²) in [5, 5.41) is 2.95. The first-order valence-corrected chi connectivity index (χ1v) is 10.5. The van der Waals surface area contributed by atoms with Crippen molar-refractivity contribution in [1.29, 1.82) is 0 Å². The van der Waals surface area contributed by atoms with E-state index in [0.29, 0.717) is 30.8 Å². The van der Waals surface area contributed by atoms with Crippen molar-refractivity contribution in [3.05, 3.63) is 35.3 Å². The number of fused-ring (bicyclic) bond motifs is 1. The number of aryl methyl sites for hydroxylation is 2. The van der Waals surface area contributed by atoms with Gasteiger partial charge in [0.2, 0.25) is 5.91 Å². The van der Waals surface area contributed by atoms with Crippen molar-refractivity contribution in [2.24, 2.45) is 0 Å². The zero-order valence-corrected chi connectivity index (χ0v) is 17.8. The maximum absolute atomic E-state index is 12.6. The molecule has 0 unspecified atom stereocenters. The highest BCUT2D eigenvalue weighted by Gasteiger charge is 2.17. The highest BCUT2D eigenvalue weighted by molar-refractivity contribution is 5.94. The molecule has 2 amide bonds. The second-order valence-electron chi connectivity index (χ2n) is 7.38. The molecule has 2 rings (SSSR count). The van der Waals surface area contributed by atoms with Crippen LogP contribution in [0, 0.1) is 13.8 Å². The van der Waals surface area contributed by atoms with Crippen molar-refractivity contribution >= 4 is 17.5 Å². The SMILES string of the molecule is CCCCN(CCCC)C(=O)CCCNC(=O)c1c(C)nc2c(C)cccn12. The molecule has 28 heavy (non-hydrogen) atoms. The Hall–Kier alpha value is -2.37. The van der Waals surface area contributed by atoms with E-state index in [1.165, 1.54) is 0 Å². The van der Waals surface area contributed by atoms with Gasteiger partial charge in [-0.15, -0.1) is 0 Å². The Morgan fingerprint density at radius 3 is 2.43 bits per heavy atom. The first-order chi connectivity index (χ1) is 13.5. The van der Waals surface area contributed by atoms with E-state index < -0.39 is 0 Å². The number of hydrogen-bond acceptors (Lipinski definition) is 3. The number of imidazole rings is 1. The van der Waals surface area contributed by atoms with Gasteiger partial charge in [-0.25, -0.2) is 4.98 Å². The van der Waals surface area contributed by atoms with Gasteiger partial charge in [-0.05, 0) is 44.7 Å². The number of pyridine rings is 1. The third-order valence-corrected chi connectivity index (χ3v) is 5.00. The van der Waals surface area contributed by atoms with Crippen molar-refractivity contribution in [3.8, 4) is 0 Å². The third kappa shape index (κ3) is 5.57. The number of nitrogens with one attached hydrogen (secondary N) is 1. The molecule has 6 nitrogen and oxygen atoms in total. The summed E-state index contributed by atoms with van der Waals surface area (Å²) in [5.41, 5.74) is 3.13. The van der Waals surface area contributed by atoms with Crippen LogP contribution in [-0.4, -0.2) is 45.7 Å². The zero-order chi connectivity index (χ0) is 20.5. The highest BCUT2D eigenvalue weighted by Crippen LogP contribution is 2.15. The van der Waals surface area contributed by atoms with Crippen LogP contribution in [0.15, 0.2) is 18.3 Å². The van der Waals surface area contributed by atoms with Crippen molar-refractivity contribution in [2.75, 3.05) is 19.6 Å². The fourth-order valence-electron chi connectivity index (χ4n) is 3.33. The molecule has 0 aliphatic carbocycles.